The molecule has 0 aliphatic heterocycles. The summed E-state index contributed by atoms with van der Waals surface area (Å²) in [5.41, 5.74) is 7.32. The van der Waals surface area contributed by atoms with Crippen molar-refractivity contribution in [3.63, 3.8) is 0 Å². The molecule has 4 aromatic carbocycles. The Morgan fingerprint density at radius 1 is 1.03 bits per heavy atom. The molecule has 0 aromatic heterocycles. The lowest BCUT2D eigenvalue weighted by atomic mass is 10.00. The van der Waals surface area contributed by atoms with E-state index in [0.29, 0.717) is 10.7 Å². The molecule has 5 heteroatoms. The molecule has 170 valence electrons. The van der Waals surface area contributed by atoms with E-state index >= 15 is 0 Å². The highest BCUT2D eigenvalue weighted by Crippen LogP contribution is 2.38. The quantitative estimate of drug-likeness (QED) is 0.164. The fourth-order valence-corrected chi connectivity index (χ4v) is 4.27. The number of rotatable bonds is 8. The van der Waals surface area contributed by atoms with E-state index in [1.54, 1.807) is 5.01 Å². The van der Waals surface area contributed by atoms with Crippen molar-refractivity contribution in [3.8, 4) is 0 Å². The van der Waals surface area contributed by atoms with Gasteiger partial charge in [-0.3, -0.25) is 0 Å². The minimum absolute atomic E-state index is 0.270. The number of fused-ring (bicyclic) bond motifs is 1. The highest BCUT2D eigenvalue weighted by Gasteiger charge is 2.17. The van der Waals surface area contributed by atoms with Crippen molar-refractivity contribution >= 4 is 58.1 Å². The standard InChI is InChI=1S/C29H26ClN3O/c1-19-9-14-25(17-20(19)2)33(31-4)29-23(15-16-34)11-10-22-12-13-24(18-27(22)29)32-21(3)26-7-5-6-8-28(26)30/h5-14,16-18,32H,3-4,15H2,1-2H3. The van der Waals surface area contributed by atoms with Gasteiger partial charge in [0.05, 0.1) is 11.4 Å². The third-order valence-electron chi connectivity index (χ3n) is 5.96. The summed E-state index contributed by atoms with van der Waals surface area (Å²) in [6.07, 6.45) is 1.18. The number of carbonyl (C=O) groups is 1. The number of nitrogens with zero attached hydrogens (tertiary/aromatic N) is 2. The first-order valence-corrected chi connectivity index (χ1v) is 11.3. The van der Waals surface area contributed by atoms with Gasteiger partial charge in [-0.05, 0) is 66.3 Å². The molecule has 0 spiro atoms. The number of aldehydes is 1. The smallest absolute Gasteiger partial charge is 0.124 e. The lowest BCUT2D eigenvalue weighted by Crippen LogP contribution is -2.12. The summed E-state index contributed by atoms with van der Waals surface area (Å²) in [4.78, 5) is 11.5. The summed E-state index contributed by atoms with van der Waals surface area (Å²) in [5, 5.41) is 12.1. The van der Waals surface area contributed by atoms with Crippen molar-refractivity contribution in [2.45, 2.75) is 20.3 Å². The van der Waals surface area contributed by atoms with Gasteiger partial charge in [-0.15, -0.1) is 0 Å². The zero-order chi connectivity index (χ0) is 24.2. The first-order valence-electron chi connectivity index (χ1n) is 11.0. The number of anilines is 3. The zero-order valence-corrected chi connectivity index (χ0v) is 20.1. The van der Waals surface area contributed by atoms with Crippen LogP contribution in [0.25, 0.3) is 16.5 Å². The second kappa shape index (κ2) is 9.94. The number of carbonyl (C=O) groups excluding carboxylic acids is 1. The van der Waals surface area contributed by atoms with Gasteiger partial charge in [0.1, 0.15) is 6.29 Å². The fourth-order valence-electron chi connectivity index (χ4n) is 4.02. The number of nitrogens with one attached hydrogen (secondary N) is 1. The molecule has 0 aliphatic rings. The first kappa shape index (κ1) is 23.3. The van der Waals surface area contributed by atoms with E-state index in [1.807, 2.05) is 60.7 Å². The molecule has 1 N–H and O–H groups in total. The van der Waals surface area contributed by atoms with Crippen LogP contribution in [0.4, 0.5) is 17.1 Å². The molecular formula is C29H26ClN3O. The Bertz CT molecular complexity index is 1410. The number of hydrogen-bond acceptors (Lipinski definition) is 4. The molecule has 0 saturated heterocycles. The van der Waals surface area contributed by atoms with Crippen LogP contribution in [0.5, 0.6) is 0 Å². The van der Waals surface area contributed by atoms with Crippen LogP contribution < -0.4 is 10.3 Å². The van der Waals surface area contributed by atoms with Gasteiger partial charge in [0.15, 0.2) is 0 Å². The summed E-state index contributed by atoms with van der Waals surface area (Å²) >= 11 is 6.35. The van der Waals surface area contributed by atoms with Crippen LogP contribution in [-0.4, -0.2) is 13.0 Å². The molecule has 34 heavy (non-hydrogen) atoms. The molecule has 0 aliphatic carbocycles. The van der Waals surface area contributed by atoms with E-state index in [2.05, 4.69) is 49.7 Å². The number of hydrogen-bond donors (Lipinski definition) is 1. The molecule has 0 radical (unpaired) electrons. The SMILES string of the molecule is C=NN(c1ccc(C)c(C)c1)c1c(CC=O)ccc2ccc(NC(=C)c3ccccc3Cl)cc12. The highest BCUT2D eigenvalue weighted by molar-refractivity contribution is 6.32. The number of aryl methyl sites for hydroxylation is 2. The summed E-state index contributed by atoms with van der Waals surface area (Å²) in [6, 6.07) is 23.8. The van der Waals surface area contributed by atoms with E-state index in [9.17, 15) is 4.79 Å². The van der Waals surface area contributed by atoms with E-state index < -0.39 is 0 Å². The van der Waals surface area contributed by atoms with Gasteiger partial charge >= 0.3 is 0 Å². The minimum Gasteiger partial charge on any atom is -0.355 e. The Balaban J connectivity index is 1.85. The predicted octanol–water partition coefficient (Wildman–Crippen LogP) is 7.69. The van der Waals surface area contributed by atoms with Gasteiger partial charge in [-0.1, -0.05) is 60.6 Å². The molecule has 0 unspecified atom stereocenters. The average Bonchev–Trinajstić information content (AvgIpc) is 2.83. The Hall–Kier alpha value is -3.89. The van der Waals surface area contributed by atoms with Gasteiger partial charge in [0, 0.05) is 40.5 Å². The van der Waals surface area contributed by atoms with Gasteiger partial charge in [-0.25, -0.2) is 5.01 Å². The summed E-state index contributed by atoms with van der Waals surface area (Å²) in [6.45, 7) is 12.1. The van der Waals surface area contributed by atoms with Crippen molar-refractivity contribution in [1.82, 2.24) is 0 Å². The molecule has 4 nitrogen and oxygen atoms in total. The van der Waals surface area contributed by atoms with Gasteiger partial charge in [0.25, 0.3) is 0 Å². The second-order valence-electron chi connectivity index (χ2n) is 8.19. The van der Waals surface area contributed by atoms with Crippen LogP contribution in [0, 0.1) is 13.8 Å². The van der Waals surface area contributed by atoms with Crippen molar-refractivity contribution in [3.05, 3.63) is 107 Å². The molecule has 0 heterocycles. The summed E-state index contributed by atoms with van der Waals surface area (Å²) in [7, 11) is 0. The topological polar surface area (TPSA) is 44.7 Å². The van der Waals surface area contributed by atoms with Gasteiger partial charge in [-0.2, -0.15) is 5.10 Å². The van der Waals surface area contributed by atoms with E-state index in [1.165, 1.54) is 5.56 Å². The maximum absolute atomic E-state index is 11.5. The molecule has 4 rings (SSSR count). The molecule has 0 saturated carbocycles. The maximum atomic E-state index is 11.5. The third kappa shape index (κ3) is 4.59. The van der Waals surface area contributed by atoms with Crippen LogP contribution >= 0.6 is 11.6 Å². The molecule has 4 aromatic rings. The average molecular weight is 468 g/mol. The molecule has 0 atom stereocenters. The minimum atomic E-state index is 0.270. The van der Waals surface area contributed by atoms with E-state index in [-0.39, 0.29) is 6.42 Å². The maximum Gasteiger partial charge on any atom is 0.124 e. The monoisotopic (exact) mass is 467 g/mol. The van der Waals surface area contributed by atoms with Crippen molar-refractivity contribution in [1.29, 1.82) is 0 Å². The van der Waals surface area contributed by atoms with Crippen molar-refractivity contribution in [2.24, 2.45) is 5.10 Å². The largest absolute Gasteiger partial charge is 0.355 e. The Morgan fingerprint density at radius 2 is 1.79 bits per heavy atom. The van der Waals surface area contributed by atoms with E-state index in [4.69, 9.17) is 11.6 Å². The molecule has 0 fully saturated rings. The van der Waals surface area contributed by atoms with Crippen LogP contribution in [-0.2, 0) is 11.2 Å². The van der Waals surface area contributed by atoms with Crippen molar-refractivity contribution < 1.29 is 4.79 Å². The van der Waals surface area contributed by atoms with Crippen LogP contribution in [0.1, 0.15) is 22.3 Å². The lowest BCUT2D eigenvalue weighted by Gasteiger charge is -2.24. The van der Waals surface area contributed by atoms with E-state index in [0.717, 1.165) is 50.8 Å². The highest BCUT2D eigenvalue weighted by atomic mass is 35.5. The molecular weight excluding hydrogens is 442 g/mol. The Labute approximate surface area is 205 Å². The predicted molar refractivity (Wildman–Crippen MR) is 145 cm³/mol. The normalized spacial score (nSPS) is 10.7. The third-order valence-corrected chi connectivity index (χ3v) is 6.29. The zero-order valence-electron chi connectivity index (χ0n) is 19.3. The fraction of sp³-hybridized carbons (Fsp3) is 0.103. The first-order chi connectivity index (χ1) is 16.4. The molecule has 0 bridgehead atoms. The van der Waals surface area contributed by atoms with Crippen LogP contribution in [0.15, 0.2) is 84.5 Å². The van der Waals surface area contributed by atoms with Crippen LogP contribution in [0.2, 0.25) is 5.02 Å². The Kier molecular flexibility index (Phi) is 6.80. The van der Waals surface area contributed by atoms with Crippen molar-refractivity contribution in [2.75, 3.05) is 10.3 Å². The lowest BCUT2D eigenvalue weighted by molar-refractivity contribution is -0.107. The second-order valence-corrected chi connectivity index (χ2v) is 8.59. The molecule has 0 amide bonds. The van der Waals surface area contributed by atoms with Gasteiger partial charge < -0.3 is 10.1 Å². The summed E-state index contributed by atoms with van der Waals surface area (Å²) in [5.74, 6) is 0. The Morgan fingerprint density at radius 3 is 2.50 bits per heavy atom. The number of hydrazone groups is 1. The number of benzene rings is 4. The summed E-state index contributed by atoms with van der Waals surface area (Å²) < 4.78 is 0. The van der Waals surface area contributed by atoms with Crippen LogP contribution in [0.3, 0.4) is 0 Å². The number of halogens is 1. The van der Waals surface area contributed by atoms with Gasteiger partial charge in [0.2, 0.25) is 0 Å².